The molecule has 2 heterocycles. The summed E-state index contributed by atoms with van der Waals surface area (Å²) in [5.74, 6) is 2.48. The average Bonchev–Trinajstić information content (AvgIpc) is 3.16. The quantitative estimate of drug-likeness (QED) is 0.660. The van der Waals surface area contributed by atoms with Gasteiger partial charge in [0.25, 0.3) is 5.91 Å². The molecule has 1 amide bonds. The van der Waals surface area contributed by atoms with Crippen LogP contribution in [0.1, 0.15) is 41.6 Å². The SMILES string of the molecule is Cc1nc(Nc2ccc(C(C)C)cc2)cc(C(=O)Nc2ccc3c(c2)OCO3)n1. The van der Waals surface area contributed by atoms with Gasteiger partial charge in [-0.1, -0.05) is 26.0 Å². The van der Waals surface area contributed by atoms with Gasteiger partial charge in [-0.25, -0.2) is 9.97 Å². The third-order valence-corrected chi connectivity index (χ3v) is 4.55. The van der Waals surface area contributed by atoms with Crippen LogP contribution in [0.25, 0.3) is 0 Å². The van der Waals surface area contributed by atoms with Gasteiger partial charge in [0.2, 0.25) is 6.79 Å². The maximum absolute atomic E-state index is 12.7. The lowest BCUT2D eigenvalue weighted by Crippen LogP contribution is -2.15. The van der Waals surface area contributed by atoms with Gasteiger partial charge >= 0.3 is 0 Å². The second-order valence-electron chi connectivity index (χ2n) is 7.11. The summed E-state index contributed by atoms with van der Waals surface area (Å²) in [5, 5.41) is 6.07. The van der Waals surface area contributed by atoms with Crippen molar-refractivity contribution in [3.63, 3.8) is 0 Å². The number of carbonyl (C=O) groups excluding carboxylic acids is 1. The molecule has 0 unspecified atom stereocenters. The molecule has 2 N–H and O–H groups in total. The smallest absolute Gasteiger partial charge is 0.274 e. The molecule has 7 heteroatoms. The molecule has 1 aliphatic rings. The van der Waals surface area contributed by atoms with Crippen molar-refractivity contribution in [1.29, 1.82) is 0 Å². The van der Waals surface area contributed by atoms with Gasteiger partial charge in [-0.3, -0.25) is 4.79 Å². The van der Waals surface area contributed by atoms with Crippen molar-refractivity contribution < 1.29 is 14.3 Å². The van der Waals surface area contributed by atoms with Crippen molar-refractivity contribution in [2.45, 2.75) is 26.7 Å². The highest BCUT2D eigenvalue weighted by Crippen LogP contribution is 2.34. The van der Waals surface area contributed by atoms with E-state index in [-0.39, 0.29) is 18.4 Å². The average molecular weight is 390 g/mol. The Kier molecular flexibility index (Phi) is 5.03. The molecule has 0 spiro atoms. The van der Waals surface area contributed by atoms with Crippen molar-refractivity contribution in [3.8, 4) is 11.5 Å². The molecule has 1 aliphatic heterocycles. The van der Waals surface area contributed by atoms with Crippen LogP contribution in [0.3, 0.4) is 0 Å². The maximum atomic E-state index is 12.7. The highest BCUT2D eigenvalue weighted by Gasteiger charge is 2.16. The van der Waals surface area contributed by atoms with Crippen LogP contribution in [0.5, 0.6) is 11.5 Å². The predicted octanol–water partition coefficient (Wildman–Crippen LogP) is 4.63. The molecule has 0 saturated heterocycles. The predicted molar refractivity (Wildman–Crippen MR) is 111 cm³/mol. The van der Waals surface area contributed by atoms with Crippen LogP contribution in [-0.2, 0) is 0 Å². The van der Waals surface area contributed by atoms with E-state index in [0.717, 1.165) is 5.69 Å². The number of fused-ring (bicyclic) bond motifs is 1. The first kappa shape index (κ1) is 18.7. The molecule has 0 radical (unpaired) electrons. The number of ether oxygens (including phenoxy) is 2. The molecule has 148 valence electrons. The summed E-state index contributed by atoms with van der Waals surface area (Å²) >= 11 is 0. The zero-order valence-electron chi connectivity index (χ0n) is 16.5. The van der Waals surface area contributed by atoms with Gasteiger partial charge < -0.3 is 20.1 Å². The van der Waals surface area contributed by atoms with Gasteiger partial charge in [-0.05, 0) is 42.7 Å². The topological polar surface area (TPSA) is 85.4 Å². The third-order valence-electron chi connectivity index (χ3n) is 4.55. The molecule has 0 bridgehead atoms. The number of aryl methyl sites for hydroxylation is 1. The summed E-state index contributed by atoms with van der Waals surface area (Å²) in [6.07, 6.45) is 0. The lowest BCUT2D eigenvalue weighted by atomic mass is 10.0. The van der Waals surface area contributed by atoms with Crippen LogP contribution in [0.2, 0.25) is 0 Å². The van der Waals surface area contributed by atoms with E-state index in [0.29, 0.717) is 34.7 Å². The van der Waals surface area contributed by atoms with E-state index in [2.05, 4.69) is 46.6 Å². The fraction of sp³-hybridized carbons (Fsp3) is 0.227. The first-order valence-corrected chi connectivity index (χ1v) is 9.41. The largest absolute Gasteiger partial charge is 0.454 e. The van der Waals surface area contributed by atoms with Gasteiger partial charge in [-0.15, -0.1) is 0 Å². The molecule has 0 aliphatic carbocycles. The summed E-state index contributed by atoms with van der Waals surface area (Å²) < 4.78 is 10.6. The fourth-order valence-electron chi connectivity index (χ4n) is 3.02. The minimum Gasteiger partial charge on any atom is -0.454 e. The van der Waals surface area contributed by atoms with E-state index in [1.807, 2.05) is 12.1 Å². The van der Waals surface area contributed by atoms with Gasteiger partial charge in [0.1, 0.15) is 17.3 Å². The molecule has 2 aromatic carbocycles. The Hall–Kier alpha value is -3.61. The lowest BCUT2D eigenvalue weighted by Gasteiger charge is -2.11. The van der Waals surface area contributed by atoms with Crippen molar-refractivity contribution in [2.75, 3.05) is 17.4 Å². The van der Waals surface area contributed by atoms with E-state index >= 15 is 0 Å². The van der Waals surface area contributed by atoms with Crippen LogP contribution < -0.4 is 20.1 Å². The van der Waals surface area contributed by atoms with E-state index in [1.165, 1.54) is 5.56 Å². The fourth-order valence-corrected chi connectivity index (χ4v) is 3.02. The second-order valence-corrected chi connectivity index (χ2v) is 7.11. The molecular formula is C22H22N4O3. The molecule has 0 atom stereocenters. The van der Waals surface area contributed by atoms with Gasteiger partial charge in [0.05, 0.1) is 0 Å². The third kappa shape index (κ3) is 4.29. The summed E-state index contributed by atoms with van der Waals surface area (Å²) in [5.41, 5.74) is 3.04. The number of aromatic nitrogens is 2. The molecule has 0 saturated carbocycles. The molecule has 1 aromatic heterocycles. The summed E-state index contributed by atoms with van der Waals surface area (Å²) in [7, 11) is 0. The number of nitrogens with zero attached hydrogens (tertiary/aromatic N) is 2. The Labute approximate surface area is 169 Å². The number of nitrogens with one attached hydrogen (secondary N) is 2. The van der Waals surface area contributed by atoms with Gasteiger partial charge in [0, 0.05) is 23.5 Å². The normalized spacial score (nSPS) is 12.1. The maximum Gasteiger partial charge on any atom is 0.274 e. The minimum absolute atomic E-state index is 0.186. The Bertz CT molecular complexity index is 1050. The molecule has 7 nitrogen and oxygen atoms in total. The van der Waals surface area contributed by atoms with Crippen LogP contribution in [0.4, 0.5) is 17.2 Å². The Morgan fingerprint density at radius 2 is 1.69 bits per heavy atom. The first-order valence-electron chi connectivity index (χ1n) is 9.41. The van der Waals surface area contributed by atoms with E-state index in [1.54, 1.807) is 31.2 Å². The van der Waals surface area contributed by atoms with Crippen molar-refractivity contribution in [1.82, 2.24) is 9.97 Å². The highest BCUT2D eigenvalue weighted by molar-refractivity contribution is 6.03. The number of hydrogen-bond donors (Lipinski definition) is 2. The zero-order valence-corrected chi connectivity index (χ0v) is 16.5. The Morgan fingerprint density at radius 3 is 2.45 bits per heavy atom. The number of amides is 1. The molecular weight excluding hydrogens is 368 g/mol. The number of hydrogen-bond acceptors (Lipinski definition) is 6. The van der Waals surface area contributed by atoms with Crippen LogP contribution in [0.15, 0.2) is 48.5 Å². The zero-order chi connectivity index (χ0) is 20.4. The van der Waals surface area contributed by atoms with Crippen LogP contribution in [0, 0.1) is 6.92 Å². The standard InChI is InChI=1S/C22H22N4O3/c1-13(2)15-4-6-16(7-5-15)25-21-11-18(23-14(3)24-21)22(27)26-17-8-9-19-20(10-17)29-12-28-19/h4-11,13H,12H2,1-3H3,(H,26,27)(H,23,24,25). The molecule has 4 rings (SSSR count). The molecule has 0 fully saturated rings. The van der Waals surface area contributed by atoms with Gasteiger partial charge in [-0.2, -0.15) is 0 Å². The van der Waals surface area contributed by atoms with E-state index < -0.39 is 0 Å². The number of benzene rings is 2. The number of anilines is 3. The highest BCUT2D eigenvalue weighted by atomic mass is 16.7. The van der Waals surface area contributed by atoms with Crippen molar-refractivity contribution in [2.24, 2.45) is 0 Å². The number of rotatable bonds is 5. The lowest BCUT2D eigenvalue weighted by molar-refractivity contribution is 0.102. The summed E-state index contributed by atoms with van der Waals surface area (Å²) in [4.78, 5) is 21.3. The van der Waals surface area contributed by atoms with Crippen molar-refractivity contribution >= 4 is 23.1 Å². The second kappa shape index (κ2) is 7.79. The summed E-state index contributed by atoms with van der Waals surface area (Å²) in [6.45, 7) is 6.25. The summed E-state index contributed by atoms with van der Waals surface area (Å²) in [6, 6.07) is 15.0. The number of carbonyl (C=O) groups is 1. The minimum atomic E-state index is -0.326. The van der Waals surface area contributed by atoms with Gasteiger partial charge in [0.15, 0.2) is 11.5 Å². The molecule has 3 aromatic rings. The van der Waals surface area contributed by atoms with E-state index in [4.69, 9.17) is 9.47 Å². The molecule has 29 heavy (non-hydrogen) atoms. The monoisotopic (exact) mass is 390 g/mol. The Balaban J connectivity index is 1.50. The van der Waals surface area contributed by atoms with Crippen LogP contribution in [-0.4, -0.2) is 22.7 Å². The first-order chi connectivity index (χ1) is 14.0. The van der Waals surface area contributed by atoms with Crippen molar-refractivity contribution in [3.05, 3.63) is 65.6 Å². The Morgan fingerprint density at radius 1 is 0.966 bits per heavy atom. The van der Waals surface area contributed by atoms with Crippen LogP contribution >= 0.6 is 0 Å². The van der Waals surface area contributed by atoms with E-state index in [9.17, 15) is 4.79 Å².